The summed E-state index contributed by atoms with van der Waals surface area (Å²) in [5.41, 5.74) is 9.13. The van der Waals surface area contributed by atoms with Gasteiger partial charge in [-0.1, -0.05) is 56.9 Å². The van der Waals surface area contributed by atoms with Crippen LogP contribution in [0.15, 0.2) is 70.9 Å². The number of hydrogen-bond acceptors (Lipinski definition) is 3. The van der Waals surface area contributed by atoms with Gasteiger partial charge in [-0.3, -0.25) is 4.99 Å². The third-order valence-electron chi connectivity index (χ3n) is 4.08. The zero-order valence-electron chi connectivity index (χ0n) is 21.6. The molecule has 31 heavy (non-hydrogen) atoms. The Labute approximate surface area is 192 Å². The fraction of sp³-hybridized carbons (Fsp3) is 0.429. The maximum absolute atomic E-state index is 10.6. The minimum absolute atomic E-state index is 0.459. The molecular weight excluding hydrogens is 382 g/mol. The molecule has 0 aliphatic heterocycles. The number of carbonyl (C=O) groups excluding carboxylic acids is 1. The number of aryl methyl sites for hydroxylation is 1. The van der Waals surface area contributed by atoms with Crippen LogP contribution in [0.4, 0.5) is 0 Å². The smallest absolute Gasteiger partial charge is 0.124 e. The van der Waals surface area contributed by atoms with E-state index in [4.69, 9.17) is 5.11 Å². The lowest BCUT2D eigenvalue weighted by molar-refractivity contribution is -0.107. The Morgan fingerprint density at radius 3 is 2.03 bits per heavy atom. The molecule has 3 nitrogen and oxygen atoms in total. The van der Waals surface area contributed by atoms with Crippen molar-refractivity contribution >= 4 is 12.0 Å². The van der Waals surface area contributed by atoms with Crippen LogP contribution in [0, 0.1) is 13.8 Å². The number of aliphatic imine (C=N–C) groups is 1. The molecule has 0 saturated heterocycles. The summed E-state index contributed by atoms with van der Waals surface area (Å²) in [6, 6.07) is 6.31. The van der Waals surface area contributed by atoms with Crippen molar-refractivity contribution in [3.8, 4) is 0 Å². The quantitative estimate of drug-likeness (QED) is 0.278. The van der Waals surface area contributed by atoms with Gasteiger partial charge in [0.2, 0.25) is 0 Å². The van der Waals surface area contributed by atoms with E-state index in [0.29, 0.717) is 6.42 Å². The van der Waals surface area contributed by atoms with E-state index >= 15 is 0 Å². The summed E-state index contributed by atoms with van der Waals surface area (Å²) in [7, 11) is 1.00. The van der Waals surface area contributed by atoms with Gasteiger partial charge in [-0.15, -0.1) is 0 Å². The monoisotopic (exact) mass is 427 g/mol. The van der Waals surface area contributed by atoms with Gasteiger partial charge in [0, 0.05) is 24.9 Å². The highest BCUT2D eigenvalue weighted by atomic mass is 16.2. The van der Waals surface area contributed by atoms with Crippen LogP contribution < -0.4 is 0 Å². The SMILES string of the molecule is C=C(C)/C=C(/C)N=C(C)C.C=C(Cc1cccc(C)c1C)/C(=C\C)CC=O.CC.CO. The molecule has 1 aromatic carbocycles. The Morgan fingerprint density at radius 1 is 1.06 bits per heavy atom. The number of carbonyl (C=O) groups is 1. The Hall–Kier alpha value is -2.52. The fourth-order valence-corrected chi connectivity index (χ4v) is 2.64. The zero-order valence-corrected chi connectivity index (χ0v) is 21.6. The molecule has 0 aliphatic carbocycles. The molecule has 1 rings (SSSR count). The van der Waals surface area contributed by atoms with Gasteiger partial charge in [0.15, 0.2) is 0 Å². The Bertz CT molecular complexity index is 761. The average molecular weight is 428 g/mol. The highest BCUT2D eigenvalue weighted by Crippen LogP contribution is 2.20. The van der Waals surface area contributed by atoms with Gasteiger partial charge < -0.3 is 9.90 Å². The molecule has 174 valence electrons. The number of aliphatic hydroxyl groups excluding tert-OH is 1. The minimum Gasteiger partial charge on any atom is -0.400 e. The van der Waals surface area contributed by atoms with E-state index < -0.39 is 0 Å². The molecule has 0 amide bonds. The summed E-state index contributed by atoms with van der Waals surface area (Å²) < 4.78 is 0. The van der Waals surface area contributed by atoms with Gasteiger partial charge >= 0.3 is 0 Å². The van der Waals surface area contributed by atoms with Crippen LogP contribution in [-0.2, 0) is 11.2 Å². The second-order valence-corrected chi connectivity index (χ2v) is 7.02. The van der Waals surface area contributed by atoms with E-state index in [1.54, 1.807) is 0 Å². The summed E-state index contributed by atoms with van der Waals surface area (Å²) in [5, 5.41) is 7.00. The van der Waals surface area contributed by atoms with Crippen molar-refractivity contribution < 1.29 is 9.90 Å². The summed E-state index contributed by atoms with van der Waals surface area (Å²) in [4.78, 5) is 14.8. The maximum Gasteiger partial charge on any atom is 0.124 e. The molecule has 0 bridgehead atoms. The normalized spacial score (nSPS) is 10.2. The van der Waals surface area contributed by atoms with Crippen LogP contribution in [0.2, 0.25) is 0 Å². The van der Waals surface area contributed by atoms with Gasteiger partial charge in [0.1, 0.15) is 6.29 Å². The molecule has 0 saturated carbocycles. The van der Waals surface area contributed by atoms with E-state index in [-0.39, 0.29) is 0 Å². The van der Waals surface area contributed by atoms with E-state index in [0.717, 1.165) is 47.9 Å². The Balaban J connectivity index is -0.000000479. The first-order valence-electron chi connectivity index (χ1n) is 10.7. The van der Waals surface area contributed by atoms with E-state index in [1.165, 1.54) is 16.7 Å². The largest absolute Gasteiger partial charge is 0.400 e. The fourth-order valence-electron chi connectivity index (χ4n) is 2.64. The molecule has 3 heteroatoms. The van der Waals surface area contributed by atoms with Crippen LogP contribution in [0.3, 0.4) is 0 Å². The summed E-state index contributed by atoms with van der Waals surface area (Å²) in [5.74, 6) is 0. The number of rotatable bonds is 7. The lowest BCUT2D eigenvalue weighted by Gasteiger charge is -2.12. The van der Waals surface area contributed by atoms with Crippen molar-refractivity contribution in [1.82, 2.24) is 0 Å². The molecule has 0 aromatic heterocycles. The van der Waals surface area contributed by atoms with Crippen molar-refractivity contribution in [2.75, 3.05) is 7.11 Å². The van der Waals surface area contributed by atoms with Gasteiger partial charge in [-0.2, -0.15) is 0 Å². The molecule has 0 atom stereocenters. The highest BCUT2D eigenvalue weighted by Gasteiger charge is 2.06. The third-order valence-corrected chi connectivity index (χ3v) is 4.08. The zero-order chi connectivity index (χ0) is 25.0. The van der Waals surface area contributed by atoms with E-state index in [9.17, 15) is 4.79 Å². The second kappa shape index (κ2) is 20.7. The molecule has 1 aromatic rings. The molecule has 0 spiro atoms. The van der Waals surface area contributed by atoms with Gasteiger partial charge in [0.25, 0.3) is 0 Å². The van der Waals surface area contributed by atoms with Crippen molar-refractivity contribution in [2.24, 2.45) is 4.99 Å². The number of allylic oxidation sites excluding steroid dienone is 6. The third kappa shape index (κ3) is 16.9. The first kappa shape index (κ1) is 33.1. The van der Waals surface area contributed by atoms with Crippen molar-refractivity contribution in [1.29, 1.82) is 0 Å². The van der Waals surface area contributed by atoms with Crippen LogP contribution in [0.1, 0.15) is 71.6 Å². The predicted molar refractivity (Wildman–Crippen MR) is 140 cm³/mol. The molecule has 0 unspecified atom stereocenters. The highest BCUT2D eigenvalue weighted by molar-refractivity contribution is 5.80. The molecular formula is C28H45NO2. The molecule has 0 aliphatic rings. The van der Waals surface area contributed by atoms with E-state index in [1.807, 2.05) is 60.6 Å². The van der Waals surface area contributed by atoms with Gasteiger partial charge in [0.05, 0.1) is 0 Å². The van der Waals surface area contributed by atoms with Gasteiger partial charge in [-0.05, 0) is 88.8 Å². The van der Waals surface area contributed by atoms with Crippen molar-refractivity contribution in [2.45, 2.75) is 75.2 Å². The minimum atomic E-state index is 0.459. The number of aldehydes is 1. The molecule has 0 fully saturated rings. The summed E-state index contributed by atoms with van der Waals surface area (Å²) in [6.07, 6.45) is 6.15. The van der Waals surface area contributed by atoms with Crippen molar-refractivity contribution in [3.05, 3.63) is 82.6 Å². The number of nitrogens with zero attached hydrogens (tertiary/aromatic N) is 1. The van der Waals surface area contributed by atoms with Crippen LogP contribution in [-0.4, -0.2) is 24.2 Å². The number of benzene rings is 1. The summed E-state index contributed by atoms with van der Waals surface area (Å²) in [6.45, 7) is 25.9. The standard InChI is InChI=1S/C16H20O.C9H15N.C2H6.CH4O/c1-5-15(9-10-17)13(3)11-16-8-6-7-12(2)14(16)4;1-7(2)6-9(5)10-8(3)4;2*1-2/h5-8,10H,3,9,11H2,1-2,4H3;6H,1H2,2-5H3;1-2H3;2H,1H3/b15-5-;9-6-;;. The first-order chi connectivity index (χ1) is 14.6. The Kier molecular flexibility index (Phi) is 22.2. The molecule has 0 radical (unpaired) electrons. The average Bonchev–Trinajstić information content (AvgIpc) is 2.71. The number of hydrogen-bond donors (Lipinski definition) is 1. The Morgan fingerprint density at radius 2 is 1.61 bits per heavy atom. The van der Waals surface area contributed by atoms with Crippen LogP contribution in [0.25, 0.3) is 0 Å². The second-order valence-electron chi connectivity index (χ2n) is 7.02. The maximum atomic E-state index is 10.6. The molecule has 1 N–H and O–H groups in total. The number of aliphatic hydroxyl groups is 1. The summed E-state index contributed by atoms with van der Waals surface area (Å²) >= 11 is 0. The first-order valence-corrected chi connectivity index (χ1v) is 10.7. The topological polar surface area (TPSA) is 49.7 Å². The van der Waals surface area contributed by atoms with Crippen LogP contribution in [0.5, 0.6) is 0 Å². The molecule has 0 heterocycles. The lowest BCUT2D eigenvalue weighted by atomic mass is 9.93. The van der Waals surface area contributed by atoms with Crippen LogP contribution >= 0.6 is 0 Å². The predicted octanol–water partition coefficient (Wildman–Crippen LogP) is 7.52. The van der Waals surface area contributed by atoms with E-state index in [2.05, 4.69) is 50.2 Å². The van der Waals surface area contributed by atoms with Gasteiger partial charge in [-0.25, -0.2) is 0 Å². The lowest BCUT2D eigenvalue weighted by Crippen LogP contribution is -1.98. The van der Waals surface area contributed by atoms with Crippen molar-refractivity contribution in [3.63, 3.8) is 0 Å².